The average Bonchev–Trinajstić information content (AvgIpc) is 2.93. The van der Waals surface area contributed by atoms with Gasteiger partial charge >= 0.3 is 0 Å². The van der Waals surface area contributed by atoms with Gasteiger partial charge in [-0.05, 0) is 24.6 Å². The van der Waals surface area contributed by atoms with E-state index < -0.39 is 22.7 Å². The lowest BCUT2D eigenvalue weighted by Crippen LogP contribution is -2.39. The van der Waals surface area contributed by atoms with Gasteiger partial charge in [-0.3, -0.25) is 0 Å². The summed E-state index contributed by atoms with van der Waals surface area (Å²) >= 11 is 6.07. The van der Waals surface area contributed by atoms with E-state index in [9.17, 15) is 10.5 Å². The van der Waals surface area contributed by atoms with E-state index >= 15 is 0 Å². The molecule has 5 atom stereocenters. The number of amidine groups is 1. The van der Waals surface area contributed by atoms with Crippen LogP contribution in [0.15, 0.2) is 29.3 Å². The third-order valence-electron chi connectivity index (χ3n) is 4.98. The molecule has 1 saturated carbocycles. The monoisotopic (exact) mass is 328 g/mol. The Labute approximate surface area is 138 Å². The summed E-state index contributed by atoms with van der Waals surface area (Å²) in [6.07, 6.45) is -0.230. The van der Waals surface area contributed by atoms with Gasteiger partial charge in [0.05, 0.1) is 24.8 Å². The summed E-state index contributed by atoms with van der Waals surface area (Å²) in [6.45, 7) is 2.12. The maximum atomic E-state index is 9.97. The quantitative estimate of drug-likeness (QED) is 0.848. The number of benzene rings is 1. The smallest absolute Gasteiger partial charge is 0.293 e. The molecule has 116 valence electrons. The number of hydrogen-bond donors (Lipinski definition) is 1. The van der Waals surface area contributed by atoms with Crippen molar-refractivity contribution in [3.63, 3.8) is 0 Å². The van der Waals surface area contributed by atoms with E-state index in [-0.39, 0.29) is 11.9 Å². The van der Waals surface area contributed by atoms with Crippen molar-refractivity contribution in [2.45, 2.75) is 24.9 Å². The zero-order valence-electron chi connectivity index (χ0n) is 12.3. The Balaban J connectivity index is 1.93. The number of nitrogens with zero attached hydrogens (tertiary/aromatic N) is 3. The van der Waals surface area contributed by atoms with Crippen molar-refractivity contribution in [2.24, 2.45) is 21.6 Å². The SMILES string of the molecule is C[C@@H]1CO[C@]2(N=C(N)[C@@]3(C#N)[C@@H](c4cccc(Cl)c4)[C@@]23C#N)O1. The Bertz CT molecular complexity index is 828. The van der Waals surface area contributed by atoms with Gasteiger partial charge < -0.3 is 15.2 Å². The summed E-state index contributed by atoms with van der Waals surface area (Å²) in [4.78, 5) is 4.26. The fourth-order valence-corrected chi connectivity index (χ4v) is 4.25. The van der Waals surface area contributed by atoms with Gasteiger partial charge in [0.2, 0.25) is 0 Å². The Hall–Kier alpha value is -2.12. The van der Waals surface area contributed by atoms with Crippen molar-refractivity contribution in [1.82, 2.24) is 0 Å². The predicted molar refractivity (Wildman–Crippen MR) is 81.1 cm³/mol. The molecule has 23 heavy (non-hydrogen) atoms. The molecule has 0 unspecified atom stereocenters. The molecule has 1 aromatic carbocycles. The fourth-order valence-electron chi connectivity index (χ4n) is 4.05. The van der Waals surface area contributed by atoms with Crippen LogP contribution >= 0.6 is 11.6 Å². The molecule has 3 aliphatic rings. The highest BCUT2D eigenvalue weighted by Gasteiger charge is 2.94. The zero-order valence-corrected chi connectivity index (χ0v) is 13.0. The second-order valence-electron chi connectivity index (χ2n) is 6.15. The number of rotatable bonds is 1. The maximum absolute atomic E-state index is 9.97. The Morgan fingerprint density at radius 3 is 2.74 bits per heavy atom. The summed E-state index contributed by atoms with van der Waals surface area (Å²) in [5, 5.41) is 20.3. The van der Waals surface area contributed by atoms with Crippen molar-refractivity contribution in [3.8, 4) is 12.1 Å². The molecular formula is C16H13ClN4O2. The molecule has 4 rings (SSSR count). The van der Waals surface area contributed by atoms with Gasteiger partial charge in [-0.15, -0.1) is 0 Å². The van der Waals surface area contributed by atoms with Crippen molar-refractivity contribution >= 4 is 17.4 Å². The number of halogens is 1. The number of ether oxygens (including phenoxy) is 2. The van der Waals surface area contributed by atoms with Gasteiger partial charge in [-0.1, -0.05) is 23.7 Å². The Morgan fingerprint density at radius 1 is 1.39 bits per heavy atom. The van der Waals surface area contributed by atoms with Crippen LogP contribution in [-0.4, -0.2) is 24.5 Å². The van der Waals surface area contributed by atoms with E-state index in [4.69, 9.17) is 26.8 Å². The van der Waals surface area contributed by atoms with E-state index in [1.807, 2.05) is 13.0 Å². The van der Waals surface area contributed by atoms with Crippen LogP contribution < -0.4 is 5.73 Å². The third kappa shape index (κ3) is 1.38. The molecule has 0 radical (unpaired) electrons. The molecule has 2 fully saturated rings. The molecule has 1 spiro atoms. The average molecular weight is 329 g/mol. The van der Waals surface area contributed by atoms with Crippen LogP contribution in [0.1, 0.15) is 18.4 Å². The number of nitriles is 2. The van der Waals surface area contributed by atoms with Gasteiger partial charge in [-0.2, -0.15) is 10.5 Å². The van der Waals surface area contributed by atoms with Crippen LogP contribution in [0.4, 0.5) is 0 Å². The lowest BCUT2D eigenvalue weighted by Gasteiger charge is -2.26. The predicted octanol–water partition coefficient (Wildman–Crippen LogP) is 1.92. The van der Waals surface area contributed by atoms with Crippen LogP contribution in [0.3, 0.4) is 0 Å². The highest BCUT2D eigenvalue weighted by Crippen LogP contribution is 2.82. The van der Waals surface area contributed by atoms with Gasteiger partial charge in [-0.25, -0.2) is 4.99 Å². The summed E-state index contributed by atoms with van der Waals surface area (Å²) in [7, 11) is 0. The van der Waals surface area contributed by atoms with E-state index in [2.05, 4.69) is 17.1 Å². The molecule has 1 aliphatic carbocycles. The van der Waals surface area contributed by atoms with Crippen LogP contribution in [0.25, 0.3) is 0 Å². The molecular weight excluding hydrogens is 316 g/mol. The van der Waals surface area contributed by atoms with Gasteiger partial charge in [0, 0.05) is 10.9 Å². The Kier molecular flexibility index (Phi) is 2.67. The van der Waals surface area contributed by atoms with Crippen molar-refractivity contribution in [2.75, 3.05) is 6.61 Å². The second kappa shape index (κ2) is 4.24. The lowest BCUT2D eigenvalue weighted by atomic mass is 9.94. The van der Waals surface area contributed by atoms with Crippen LogP contribution in [0, 0.1) is 33.5 Å². The molecule has 0 aromatic heterocycles. The molecule has 2 heterocycles. The maximum Gasteiger partial charge on any atom is 0.293 e. The fraction of sp³-hybridized carbons (Fsp3) is 0.438. The number of hydrogen-bond acceptors (Lipinski definition) is 6. The van der Waals surface area contributed by atoms with Crippen molar-refractivity contribution < 1.29 is 9.47 Å². The highest BCUT2D eigenvalue weighted by atomic mass is 35.5. The standard InChI is InChI=1S/C16H13ClN4O2/c1-9-6-22-16(23-9)15(8-19)12(10-3-2-4-11(17)5-10)14(15,7-18)13(20)21-16/h2-5,9,12H,6H2,1H3,(H2,20,21)/t9-,12-,14-,15-,16+/m1/s1. The largest absolute Gasteiger partial charge is 0.386 e. The van der Waals surface area contributed by atoms with Gasteiger partial charge in [0.15, 0.2) is 5.41 Å². The van der Waals surface area contributed by atoms with E-state index in [0.717, 1.165) is 5.56 Å². The zero-order chi connectivity index (χ0) is 16.5. The molecule has 0 bridgehead atoms. The number of nitrogens with two attached hydrogens (primary N) is 1. The normalized spacial score (nSPS) is 43.6. The van der Waals surface area contributed by atoms with Gasteiger partial charge in [0.25, 0.3) is 5.91 Å². The molecule has 1 saturated heterocycles. The first kappa shape index (κ1) is 14.5. The Morgan fingerprint density at radius 2 is 2.17 bits per heavy atom. The van der Waals surface area contributed by atoms with Crippen LogP contribution in [-0.2, 0) is 9.47 Å². The lowest BCUT2D eigenvalue weighted by molar-refractivity contribution is -0.193. The summed E-state index contributed by atoms with van der Waals surface area (Å²) in [5.74, 6) is -1.93. The molecule has 6 nitrogen and oxygen atoms in total. The van der Waals surface area contributed by atoms with Crippen molar-refractivity contribution in [1.29, 1.82) is 10.5 Å². The summed E-state index contributed by atoms with van der Waals surface area (Å²) in [5.41, 5.74) is 4.28. The van der Waals surface area contributed by atoms with Gasteiger partial charge in [0.1, 0.15) is 11.3 Å². The van der Waals surface area contributed by atoms with Crippen molar-refractivity contribution in [3.05, 3.63) is 34.9 Å². The third-order valence-corrected chi connectivity index (χ3v) is 5.22. The highest BCUT2D eigenvalue weighted by molar-refractivity contribution is 6.30. The van der Waals surface area contributed by atoms with E-state index in [1.54, 1.807) is 18.2 Å². The molecule has 2 aliphatic heterocycles. The first-order valence-electron chi connectivity index (χ1n) is 7.23. The van der Waals surface area contributed by atoms with Crippen LogP contribution in [0.2, 0.25) is 5.02 Å². The van der Waals surface area contributed by atoms with Crippen LogP contribution in [0.5, 0.6) is 0 Å². The first-order chi connectivity index (χ1) is 11.0. The molecule has 1 aromatic rings. The molecule has 0 amide bonds. The summed E-state index contributed by atoms with van der Waals surface area (Å²) < 4.78 is 11.6. The van der Waals surface area contributed by atoms with E-state index in [1.165, 1.54) is 0 Å². The number of fused-ring (bicyclic) bond motifs is 2. The topological polar surface area (TPSA) is 104 Å². The first-order valence-corrected chi connectivity index (χ1v) is 7.61. The minimum atomic E-state index is -1.52. The summed E-state index contributed by atoms with van der Waals surface area (Å²) in [6, 6.07) is 11.5. The molecule has 7 heteroatoms. The number of aliphatic imine (C=N–C) groups is 1. The van der Waals surface area contributed by atoms with E-state index in [0.29, 0.717) is 11.6 Å². The minimum absolute atomic E-state index is 0.0839. The second-order valence-corrected chi connectivity index (χ2v) is 6.58. The molecule has 2 N–H and O–H groups in total. The minimum Gasteiger partial charge on any atom is -0.386 e.